The third-order valence-corrected chi connectivity index (χ3v) is 3.14. The van der Waals surface area contributed by atoms with Crippen LogP contribution in [0.25, 0.3) is 0 Å². The van der Waals surface area contributed by atoms with Gasteiger partial charge in [0.1, 0.15) is 12.4 Å². The van der Waals surface area contributed by atoms with Crippen molar-refractivity contribution < 1.29 is 14.3 Å². The predicted molar refractivity (Wildman–Crippen MR) is 89.4 cm³/mol. The van der Waals surface area contributed by atoms with Crippen LogP contribution in [0.3, 0.4) is 0 Å². The molecule has 23 heavy (non-hydrogen) atoms. The first-order valence-corrected chi connectivity index (χ1v) is 7.77. The molecule has 0 atom stereocenters. The molecule has 0 spiro atoms. The molecule has 1 heterocycles. The van der Waals surface area contributed by atoms with E-state index < -0.39 is 0 Å². The minimum absolute atomic E-state index is 0.0193. The number of nitrogens with one attached hydrogen (secondary N) is 1. The van der Waals surface area contributed by atoms with Crippen LogP contribution in [-0.2, 0) is 16.1 Å². The molecule has 1 aromatic heterocycles. The van der Waals surface area contributed by atoms with Crippen molar-refractivity contribution >= 4 is 11.6 Å². The summed E-state index contributed by atoms with van der Waals surface area (Å²) in [5.74, 6) is 0.690. The lowest BCUT2D eigenvalue weighted by Gasteiger charge is -2.09. The lowest BCUT2D eigenvalue weighted by atomic mass is 10.2. The van der Waals surface area contributed by atoms with E-state index in [4.69, 9.17) is 9.47 Å². The molecule has 0 unspecified atom stereocenters. The Morgan fingerprint density at radius 2 is 2.17 bits per heavy atom. The summed E-state index contributed by atoms with van der Waals surface area (Å²) in [6.45, 7) is 3.67. The number of aromatic nitrogens is 1. The summed E-state index contributed by atoms with van der Waals surface area (Å²) in [6, 6.07) is 11.2. The second kappa shape index (κ2) is 9.58. The molecule has 0 bridgehead atoms. The Balaban J connectivity index is 1.81. The maximum Gasteiger partial charge on any atom is 0.224 e. The normalized spacial score (nSPS) is 10.3. The highest BCUT2D eigenvalue weighted by molar-refractivity contribution is 5.90. The molecule has 1 aromatic carbocycles. The Kier molecular flexibility index (Phi) is 7.07. The van der Waals surface area contributed by atoms with Crippen LogP contribution < -0.4 is 10.1 Å². The predicted octanol–water partition coefficient (Wildman–Crippen LogP) is 3.42. The third-order valence-electron chi connectivity index (χ3n) is 3.14. The molecule has 1 amide bonds. The van der Waals surface area contributed by atoms with Crippen molar-refractivity contribution in [1.29, 1.82) is 0 Å². The summed E-state index contributed by atoms with van der Waals surface area (Å²) >= 11 is 0. The number of carbonyl (C=O) groups excluding carboxylic acids is 1. The lowest BCUT2D eigenvalue weighted by Crippen LogP contribution is -2.12. The summed E-state index contributed by atoms with van der Waals surface area (Å²) in [5, 5.41) is 2.87. The fraction of sp³-hybridized carbons (Fsp3) is 0.333. The zero-order chi connectivity index (χ0) is 16.3. The van der Waals surface area contributed by atoms with Gasteiger partial charge in [0.2, 0.25) is 5.91 Å². The number of benzene rings is 1. The molecule has 0 saturated heterocycles. The van der Waals surface area contributed by atoms with Gasteiger partial charge in [-0.3, -0.25) is 9.78 Å². The Hall–Kier alpha value is -2.40. The van der Waals surface area contributed by atoms with Crippen LogP contribution in [0.15, 0.2) is 48.8 Å². The van der Waals surface area contributed by atoms with Crippen LogP contribution >= 0.6 is 0 Å². The van der Waals surface area contributed by atoms with Crippen molar-refractivity contribution in [1.82, 2.24) is 4.98 Å². The highest BCUT2D eigenvalue weighted by Gasteiger charge is 2.04. The van der Waals surface area contributed by atoms with Gasteiger partial charge in [-0.1, -0.05) is 12.1 Å². The summed E-state index contributed by atoms with van der Waals surface area (Å²) < 4.78 is 10.9. The number of nitrogens with zero attached hydrogens (tertiary/aromatic N) is 1. The van der Waals surface area contributed by atoms with Gasteiger partial charge >= 0.3 is 0 Å². The minimum Gasteiger partial charge on any atom is -0.489 e. The quantitative estimate of drug-likeness (QED) is 0.721. The Bertz CT molecular complexity index is 602. The fourth-order valence-corrected chi connectivity index (χ4v) is 2.02. The number of hydrogen-bond acceptors (Lipinski definition) is 4. The Morgan fingerprint density at radius 1 is 1.26 bits per heavy atom. The smallest absolute Gasteiger partial charge is 0.224 e. The van der Waals surface area contributed by atoms with Gasteiger partial charge in [0.25, 0.3) is 0 Å². The summed E-state index contributed by atoms with van der Waals surface area (Å²) in [5.41, 5.74) is 1.73. The average molecular weight is 314 g/mol. The maximum absolute atomic E-state index is 11.9. The molecule has 5 nitrogen and oxygen atoms in total. The van der Waals surface area contributed by atoms with E-state index in [0.29, 0.717) is 32.0 Å². The molecular weight excluding hydrogens is 292 g/mol. The lowest BCUT2D eigenvalue weighted by molar-refractivity contribution is -0.116. The number of amides is 1. The Morgan fingerprint density at radius 3 is 2.96 bits per heavy atom. The van der Waals surface area contributed by atoms with Crippen molar-refractivity contribution in [3.8, 4) is 5.75 Å². The molecule has 0 aliphatic carbocycles. The number of anilines is 1. The first-order chi connectivity index (χ1) is 11.3. The van der Waals surface area contributed by atoms with Gasteiger partial charge in [-0.25, -0.2) is 0 Å². The molecule has 0 aliphatic heterocycles. The van der Waals surface area contributed by atoms with Gasteiger partial charge in [-0.2, -0.15) is 0 Å². The first kappa shape index (κ1) is 17.0. The number of rotatable bonds is 9. The van der Waals surface area contributed by atoms with Gasteiger partial charge in [-0.05, 0) is 31.5 Å². The van der Waals surface area contributed by atoms with Crippen molar-refractivity contribution in [3.63, 3.8) is 0 Å². The third kappa shape index (κ3) is 6.48. The Labute approximate surface area is 136 Å². The van der Waals surface area contributed by atoms with Gasteiger partial charge < -0.3 is 14.8 Å². The second-order valence-corrected chi connectivity index (χ2v) is 5.03. The highest BCUT2D eigenvalue weighted by Crippen LogP contribution is 2.18. The van der Waals surface area contributed by atoms with Gasteiger partial charge in [-0.15, -0.1) is 0 Å². The SMILES string of the molecule is CCOCCCC(=O)Nc1cccc(OCc2cccnc2)c1. The second-order valence-electron chi connectivity index (χ2n) is 5.03. The van der Waals surface area contributed by atoms with Crippen molar-refractivity contribution in [3.05, 3.63) is 54.4 Å². The van der Waals surface area contributed by atoms with E-state index in [-0.39, 0.29) is 5.91 Å². The highest BCUT2D eigenvalue weighted by atomic mass is 16.5. The molecule has 122 valence electrons. The number of pyridine rings is 1. The van der Waals surface area contributed by atoms with Gasteiger partial charge in [0.15, 0.2) is 0 Å². The molecule has 0 saturated carbocycles. The zero-order valence-corrected chi connectivity index (χ0v) is 13.3. The molecule has 1 N–H and O–H groups in total. The van der Waals surface area contributed by atoms with E-state index >= 15 is 0 Å². The average Bonchev–Trinajstić information content (AvgIpc) is 2.58. The van der Waals surface area contributed by atoms with E-state index in [2.05, 4.69) is 10.3 Å². The van der Waals surface area contributed by atoms with E-state index in [1.54, 1.807) is 12.4 Å². The molecule has 0 aliphatic rings. The van der Waals surface area contributed by atoms with E-state index in [9.17, 15) is 4.79 Å². The van der Waals surface area contributed by atoms with Crippen molar-refractivity contribution in [2.75, 3.05) is 18.5 Å². The van der Waals surface area contributed by atoms with Crippen molar-refractivity contribution in [2.45, 2.75) is 26.4 Å². The minimum atomic E-state index is -0.0193. The van der Waals surface area contributed by atoms with Crippen LogP contribution in [0.5, 0.6) is 5.75 Å². The van der Waals surface area contributed by atoms with Crippen LogP contribution in [0, 0.1) is 0 Å². The zero-order valence-electron chi connectivity index (χ0n) is 13.3. The molecule has 2 aromatic rings. The summed E-state index contributed by atoms with van der Waals surface area (Å²) in [6.07, 6.45) is 4.66. The van der Waals surface area contributed by atoms with Crippen LogP contribution in [0.1, 0.15) is 25.3 Å². The standard InChI is InChI=1S/C18H22N2O3/c1-2-22-11-5-9-18(21)20-16-7-3-8-17(12-16)23-14-15-6-4-10-19-13-15/h3-4,6-8,10,12-13H,2,5,9,11,14H2,1H3,(H,20,21). The fourth-order valence-electron chi connectivity index (χ4n) is 2.02. The van der Waals surface area contributed by atoms with Crippen LogP contribution in [0.4, 0.5) is 5.69 Å². The molecule has 2 rings (SSSR count). The monoisotopic (exact) mass is 314 g/mol. The van der Waals surface area contributed by atoms with E-state index in [1.807, 2.05) is 43.3 Å². The van der Waals surface area contributed by atoms with Crippen LogP contribution in [-0.4, -0.2) is 24.1 Å². The number of carbonyl (C=O) groups is 1. The summed E-state index contributed by atoms with van der Waals surface area (Å²) in [7, 11) is 0. The molecular formula is C18H22N2O3. The van der Waals surface area contributed by atoms with Crippen molar-refractivity contribution in [2.24, 2.45) is 0 Å². The first-order valence-electron chi connectivity index (χ1n) is 7.77. The summed E-state index contributed by atoms with van der Waals surface area (Å²) in [4.78, 5) is 15.9. The van der Waals surface area contributed by atoms with Gasteiger partial charge in [0.05, 0.1) is 0 Å². The number of hydrogen-bond donors (Lipinski definition) is 1. The largest absolute Gasteiger partial charge is 0.489 e. The topological polar surface area (TPSA) is 60.5 Å². The molecule has 0 radical (unpaired) electrons. The van der Waals surface area contributed by atoms with E-state index in [1.165, 1.54) is 0 Å². The van der Waals surface area contributed by atoms with Gasteiger partial charge in [0, 0.05) is 49.3 Å². The van der Waals surface area contributed by atoms with E-state index in [0.717, 1.165) is 17.7 Å². The molecule has 0 fully saturated rings. The molecule has 5 heteroatoms. The number of ether oxygens (including phenoxy) is 2. The maximum atomic E-state index is 11.9. The van der Waals surface area contributed by atoms with Crippen LogP contribution in [0.2, 0.25) is 0 Å².